The van der Waals surface area contributed by atoms with Gasteiger partial charge in [-0.25, -0.2) is 48.0 Å². The molecule has 0 radical (unpaired) electrons. The first-order valence-electron chi connectivity index (χ1n) is 31.6. The number of benzene rings is 6. The number of alkyl halides is 6. The summed E-state index contributed by atoms with van der Waals surface area (Å²) in [6.07, 6.45) is -2.01. The van der Waals surface area contributed by atoms with E-state index < -0.39 is 59.3 Å². The van der Waals surface area contributed by atoms with Crippen LogP contribution in [0.5, 0.6) is 11.5 Å². The van der Waals surface area contributed by atoms with Crippen molar-refractivity contribution >= 4 is 71.4 Å². The van der Waals surface area contributed by atoms with Crippen LogP contribution in [-0.2, 0) is 67.0 Å². The number of nitrogen functional groups attached to an aromatic ring is 2. The average molecular weight is 1520 g/mol. The number of hydrogen-bond acceptors (Lipinski definition) is 20. The van der Waals surface area contributed by atoms with Crippen molar-refractivity contribution in [3.63, 3.8) is 0 Å². The highest BCUT2D eigenvalue weighted by Crippen LogP contribution is 2.37. The Labute approximate surface area is 599 Å². The molecule has 0 aliphatic carbocycles. The molecule has 6 aromatic carbocycles. The van der Waals surface area contributed by atoms with Crippen LogP contribution in [0.15, 0.2) is 148 Å². The lowest BCUT2D eigenvalue weighted by molar-refractivity contribution is -0.139. The minimum Gasteiger partial charge on any atom is -0.508 e. The number of phenols is 2. The zero-order valence-electron chi connectivity index (χ0n) is 55.8. The molecule has 0 amide bonds. The lowest BCUT2D eigenvalue weighted by Gasteiger charge is -2.17. The quantitative estimate of drug-likeness (QED) is 0.0248. The van der Waals surface area contributed by atoms with Crippen molar-refractivity contribution in [1.29, 1.82) is 0 Å². The van der Waals surface area contributed by atoms with Crippen molar-refractivity contribution in [2.45, 2.75) is 38.5 Å². The van der Waals surface area contributed by atoms with Gasteiger partial charge in [0.15, 0.2) is 11.3 Å². The van der Waals surface area contributed by atoms with Crippen LogP contribution in [0.3, 0.4) is 0 Å². The van der Waals surface area contributed by atoms with Gasteiger partial charge < -0.3 is 50.1 Å². The molecule has 6 N–H and O–H groups in total. The Morgan fingerprint density at radius 1 is 0.524 bits per heavy atom. The van der Waals surface area contributed by atoms with Gasteiger partial charge in [-0.3, -0.25) is 18.7 Å². The number of anilines is 2. The second-order valence-corrected chi connectivity index (χ2v) is 23.5. The number of aromatic hydroxyl groups is 2. The van der Waals surface area contributed by atoms with Crippen molar-refractivity contribution in [1.82, 2.24) is 58.6 Å². The number of hydrogen-bond donors (Lipinski definition) is 4. The van der Waals surface area contributed by atoms with Gasteiger partial charge in [-0.2, -0.15) is 36.5 Å². The second-order valence-electron chi connectivity index (χ2n) is 22.6. The summed E-state index contributed by atoms with van der Waals surface area (Å²) in [5.74, 6) is 6.14. The molecule has 0 atom stereocenters. The van der Waals surface area contributed by atoms with Crippen molar-refractivity contribution in [2.75, 3.05) is 91.8 Å². The summed E-state index contributed by atoms with van der Waals surface area (Å²) in [5.41, 5.74) is 10.9. The Morgan fingerprint density at radius 2 is 0.962 bits per heavy atom. The third-order valence-corrected chi connectivity index (χ3v) is 16.2. The lowest BCUT2D eigenvalue weighted by Crippen LogP contribution is -2.29. The van der Waals surface area contributed by atoms with Crippen LogP contribution in [0.1, 0.15) is 39.5 Å². The molecule has 0 saturated carbocycles. The van der Waals surface area contributed by atoms with Gasteiger partial charge in [0.2, 0.25) is 0 Å². The molecule has 0 spiro atoms. The fourth-order valence-corrected chi connectivity index (χ4v) is 11.5. The third kappa shape index (κ3) is 18.7. The number of fused-ring (bicyclic) bond motifs is 4. The Bertz CT molecular complexity index is 5310. The third-order valence-electron chi connectivity index (χ3n) is 15.6. The molecule has 105 heavy (non-hydrogen) atoms. The van der Waals surface area contributed by atoms with Crippen LogP contribution in [-0.4, -0.2) is 149 Å². The van der Waals surface area contributed by atoms with E-state index >= 15 is 0 Å². The monoisotopic (exact) mass is 1510 g/mol. The minimum absolute atomic E-state index is 0.00350. The minimum atomic E-state index is -4.70. The van der Waals surface area contributed by atoms with E-state index in [4.69, 9.17) is 51.3 Å². The zero-order valence-corrected chi connectivity index (χ0v) is 57.3. The second kappa shape index (κ2) is 34.8. The van der Waals surface area contributed by atoms with Crippen molar-refractivity contribution in [3.8, 4) is 58.2 Å². The van der Waals surface area contributed by atoms with Crippen LogP contribution in [0.25, 0.3) is 66.4 Å². The summed E-state index contributed by atoms with van der Waals surface area (Å²) in [7, 11) is 3.21. The van der Waals surface area contributed by atoms with Crippen LogP contribution < -0.4 is 22.6 Å². The van der Waals surface area contributed by atoms with Crippen LogP contribution in [0.4, 0.5) is 46.8 Å². The van der Waals surface area contributed by atoms with E-state index in [1.54, 1.807) is 50.6 Å². The number of aromatic nitrogens is 12. The van der Waals surface area contributed by atoms with E-state index in [0.29, 0.717) is 68.4 Å². The van der Waals surface area contributed by atoms with E-state index in [2.05, 4.69) is 68.8 Å². The normalized spacial score (nSPS) is 11.5. The van der Waals surface area contributed by atoms with Gasteiger partial charge in [-0.05, 0) is 87.7 Å². The molecule has 12 rings (SSSR count). The van der Waals surface area contributed by atoms with Crippen molar-refractivity contribution < 1.29 is 73.8 Å². The first-order chi connectivity index (χ1) is 50.5. The largest absolute Gasteiger partial charge is 0.508 e. The number of rotatable bonds is 24. The van der Waals surface area contributed by atoms with Gasteiger partial charge in [-0.15, -0.1) is 6.42 Å². The highest BCUT2D eigenvalue weighted by molar-refractivity contribution is 9.10. The number of terminal acetylenes is 1. The maximum atomic E-state index is 14.4. The van der Waals surface area contributed by atoms with Gasteiger partial charge in [-0.1, -0.05) is 66.3 Å². The number of methoxy groups -OCH3 is 2. The molecule has 6 heterocycles. The number of halogens is 9. The Kier molecular flexibility index (Phi) is 25.3. The molecule has 0 saturated heterocycles. The topological polar surface area (TPSA) is 305 Å². The molecule has 12 aromatic rings. The van der Waals surface area contributed by atoms with Crippen LogP contribution >= 0.6 is 15.9 Å². The summed E-state index contributed by atoms with van der Waals surface area (Å²) >= 11 is 3.35. The standard InChI is InChI=1S/C36H31F4N7O5.C28H18BrF4N7O2.C8H14O3/c1-50-12-13-52-15-14-51-11-5-8-22-7-4-10-28-30(22)35(49)46(19-23-6-2-3-9-27(23)36(38,39)40)29(44-28)20-47-34-31(33(41)42-21-43-34)32(45-47)24-16-25(37)18-26(48)17-24;29-19-6-3-7-20-22(19)27(42)39(11-14-4-1-2-5-18(14)28(31,32)33)21(37-20)12-40-26-23(25(34)35-13-36-26)24(38-40)15-8-16(30)10-17(41)9-15;1-3-4-10-7-8-11-6-5-9-2/h2-4,6-7,9-10,16-18,21,48H,11-15,19-20H2,1H3,(H2,41,42,43);1-10,13,41H,11-12H2,(H2,34,35,36);1H,4-8H2,2H3. The average Bonchev–Trinajstić information content (AvgIpc) is 1.47. The van der Waals surface area contributed by atoms with Gasteiger partial charge >= 0.3 is 12.4 Å². The Morgan fingerprint density at radius 3 is 1.43 bits per heavy atom. The van der Waals surface area contributed by atoms with Gasteiger partial charge in [0.25, 0.3) is 11.1 Å². The molecule has 0 unspecified atom stereocenters. The molecule has 24 nitrogen and oxygen atoms in total. The molecule has 33 heteroatoms. The van der Waals surface area contributed by atoms with Gasteiger partial charge in [0.1, 0.15) is 96.8 Å². The zero-order chi connectivity index (χ0) is 75.0. The number of ether oxygens (including phenoxy) is 6. The highest BCUT2D eigenvalue weighted by Gasteiger charge is 2.35. The van der Waals surface area contributed by atoms with E-state index in [1.807, 2.05) is 0 Å². The number of nitrogens with two attached hydrogens (primary N) is 2. The molecule has 0 bridgehead atoms. The summed E-state index contributed by atoms with van der Waals surface area (Å²) in [4.78, 5) is 54.2. The number of phenolic OH excluding ortho intramolecular Hbond substituents is 2. The van der Waals surface area contributed by atoms with Crippen LogP contribution in [0, 0.1) is 35.8 Å². The predicted molar refractivity (Wildman–Crippen MR) is 375 cm³/mol. The summed E-state index contributed by atoms with van der Waals surface area (Å²) in [6, 6.07) is 26.4. The Hall–Kier alpha value is -11.3. The summed E-state index contributed by atoms with van der Waals surface area (Å²) in [6.45, 7) is 2.81. The van der Waals surface area contributed by atoms with Crippen LogP contribution in [0.2, 0.25) is 0 Å². The fourth-order valence-electron chi connectivity index (χ4n) is 10.9. The highest BCUT2D eigenvalue weighted by atomic mass is 79.9. The molecule has 0 aliphatic rings. The molecular formula is C72H63BrF8N14O10. The number of nitrogens with zero attached hydrogens (tertiary/aromatic N) is 12. The van der Waals surface area contributed by atoms with E-state index in [9.17, 15) is 54.9 Å². The molecule has 0 aliphatic heterocycles. The van der Waals surface area contributed by atoms with Gasteiger partial charge in [0.05, 0.1) is 110 Å². The molecular weight excluding hydrogens is 1450 g/mol. The van der Waals surface area contributed by atoms with Crippen molar-refractivity contribution in [3.05, 3.63) is 210 Å². The van der Waals surface area contributed by atoms with E-state index in [1.165, 1.54) is 70.5 Å². The lowest BCUT2D eigenvalue weighted by atomic mass is 10.1. The first-order valence-corrected chi connectivity index (χ1v) is 32.4. The van der Waals surface area contributed by atoms with Crippen molar-refractivity contribution in [2.24, 2.45) is 0 Å². The maximum Gasteiger partial charge on any atom is 0.416 e. The fraction of sp³-hybridized carbons (Fsp3) is 0.250. The smallest absolute Gasteiger partial charge is 0.416 e. The Balaban J connectivity index is 0.000000200. The predicted octanol–water partition coefficient (Wildman–Crippen LogP) is 10.6. The van der Waals surface area contributed by atoms with E-state index in [-0.39, 0.29) is 133 Å². The van der Waals surface area contributed by atoms with E-state index in [0.717, 1.165) is 45.5 Å². The molecule has 6 aromatic heterocycles. The molecule has 544 valence electrons. The maximum absolute atomic E-state index is 14.4. The SMILES string of the molecule is C#CCOCCOCCOC.COCCOCCOCC#Cc1cccc2nc(Cn3nc(-c4cc(O)cc(F)c4)c4c(N)ncnc43)n(Cc3ccccc3C(F)(F)F)c(=O)c12.Nc1ncnc2c1c(-c1cc(O)cc(F)c1)nn2Cc1nc2cccc(Br)c2c(=O)n1Cc1ccccc1C(F)(F)F. The summed E-state index contributed by atoms with van der Waals surface area (Å²) in [5, 5.41) is 30.0. The molecule has 0 fully saturated rings. The van der Waals surface area contributed by atoms with Gasteiger partial charge in [0, 0.05) is 47.5 Å². The summed E-state index contributed by atoms with van der Waals surface area (Å²) < 4.78 is 148. The first kappa shape index (κ1) is 76.3.